The number of rotatable bonds is 3. The van der Waals surface area contributed by atoms with E-state index in [2.05, 4.69) is 48.9 Å². The van der Waals surface area contributed by atoms with Gasteiger partial charge in [0.25, 0.3) is 0 Å². The van der Waals surface area contributed by atoms with E-state index in [1.165, 1.54) is 24.0 Å². The summed E-state index contributed by atoms with van der Waals surface area (Å²) in [6.07, 6.45) is 2.55. The summed E-state index contributed by atoms with van der Waals surface area (Å²) in [5.41, 5.74) is 2.77. The minimum Gasteiger partial charge on any atom is -0.317 e. The number of nitrogens with one attached hydrogen (secondary N) is 2. The molecule has 1 aromatic carbocycles. The van der Waals surface area contributed by atoms with E-state index >= 15 is 0 Å². The quantitative estimate of drug-likeness (QED) is 0.813. The van der Waals surface area contributed by atoms with Gasteiger partial charge in [-0.3, -0.25) is 0 Å². The summed E-state index contributed by atoms with van der Waals surface area (Å²) in [4.78, 5) is 0. The van der Waals surface area contributed by atoms with Crippen molar-refractivity contribution in [2.24, 2.45) is 5.92 Å². The Kier molecular flexibility index (Phi) is 3.97. The molecule has 0 spiro atoms. The van der Waals surface area contributed by atoms with Crippen LogP contribution < -0.4 is 10.6 Å². The molecule has 1 heterocycles. The van der Waals surface area contributed by atoms with Crippen molar-refractivity contribution in [3.05, 3.63) is 35.4 Å². The maximum atomic E-state index is 3.48. The third-order valence-electron chi connectivity index (χ3n) is 3.60. The van der Waals surface area contributed by atoms with E-state index in [9.17, 15) is 0 Å². The van der Waals surface area contributed by atoms with Crippen LogP contribution in [0.15, 0.2) is 24.3 Å². The topological polar surface area (TPSA) is 24.1 Å². The summed E-state index contributed by atoms with van der Waals surface area (Å²) in [5.74, 6) is 0.772. The number of hydrogen-bond donors (Lipinski definition) is 2. The molecule has 1 fully saturated rings. The molecule has 1 unspecified atom stereocenters. The summed E-state index contributed by atoms with van der Waals surface area (Å²) in [7, 11) is 2.08. The summed E-state index contributed by atoms with van der Waals surface area (Å²) in [6.45, 7) is 4.46. The third-order valence-corrected chi connectivity index (χ3v) is 3.60. The summed E-state index contributed by atoms with van der Waals surface area (Å²) in [5, 5.41) is 6.91. The van der Waals surface area contributed by atoms with Crippen molar-refractivity contribution >= 4 is 0 Å². The van der Waals surface area contributed by atoms with Crippen molar-refractivity contribution in [1.29, 1.82) is 0 Å². The van der Waals surface area contributed by atoms with Crippen molar-refractivity contribution in [3.63, 3.8) is 0 Å². The van der Waals surface area contributed by atoms with E-state index in [0.717, 1.165) is 19.0 Å². The summed E-state index contributed by atoms with van der Waals surface area (Å²) < 4.78 is 0. The Morgan fingerprint density at radius 3 is 2.38 bits per heavy atom. The normalized spacial score (nSPS) is 19.6. The van der Waals surface area contributed by atoms with Crippen LogP contribution in [0, 0.1) is 12.8 Å². The Balaban J connectivity index is 2.11. The molecule has 1 aliphatic heterocycles. The van der Waals surface area contributed by atoms with Crippen LogP contribution >= 0.6 is 0 Å². The van der Waals surface area contributed by atoms with Crippen LogP contribution in [-0.2, 0) is 0 Å². The zero-order valence-electron chi connectivity index (χ0n) is 10.3. The van der Waals surface area contributed by atoms with Gasteiger partial charge in [0.1, 0.15) is 0 Å². The Morgan fingerprint density at radius 1 is 1.19 bits per heavy atom. The molecule has 0 bridgehead atoms. The van der Waals surface area contributed by atoms with Gasteiger partial charge in [-0.15, -0.1) is 0 Å². The number of piperidine rings is 1. The monoisotopic (exact) mass is 218 g/mol. The molecule has 2 N–H and O–H groups in total. The largest absolute Gasteiger partial charge is 0.317 e. The first-order chi connectivity index (χ1) is 7.81. The molecule has 0 saturated carbocycles. The van der Waals surface area contributed by atoms with Gasteiger partial charge in [0.2, 0.25) is 0 Å². The number of benzene rings is 1. The minimum atomic E-state index is 0.516. The van der Waals surface area contributed by atoms with E-state index in [-0.39, 0.29) is 0 Å². The van der Waals surface area contributed by atoms with Crippen LogP contribution in [0.5, 0.6) is 0 Å². The highest BCUT2D eigenvalue weighted by molar-refractivity contribution is 5.24. The van der Waals surface area contributed by atoms with Crippen LogP contribution in [0.25, 0.3) is 0 Å². The second-order valence-electron chi connectivity index (χ2n) is 4.76. The first kappa shape index (κ1) is 11.6. The maximum absolute atomic E-state index is 3.48. The second-order valence-corrected chi connectivity index (χ2v) is 4.76. The Bertz CT molecular complexity index is 312. The van der Waals surface area contributed by atoms with Crippen molar-refractivity contribution in [1.82, 2.24) is 10.6 Å². The fraction of sp³-hybridized carbons (Fsp3) is 0.571. The van der Waals surface area contributed by atoms with Crippen LogP contribution in [0.4, 0.5) is 0 Å². The van der Waals surface area contributed by atoms with Crippen LogP contribution in [0.2, 0.25) is 0 Å². The van der Waals surface area contributed by atoms with Gasteiger partial charge >= 0.3 is 0 Å². The van der Waals surface area contributed by atoms with Gasteiger partial charge in [-0.05, 0) is 51.4 Å². The molecule has 1 atom stereocenters. The zero-order chi connectivity index (χ0) is 11.4. The van der Waals surface area contributed by atoms with Crippen molar-refractivity contribution in [2.75, 3.05) is 20.1 Å². The van der Waals surface area contributed by atoms with Gasteiger partial charge in [-0.2, -0.15) is 0 Å². The lowest BCUT2D eigenvalue weighted by molar-refractivity contribution is 0.294. The second kappa shape index (κ2) is 5.46. The van der Waals surface area contributed by atoms with Crippen LogP contribution in [0.3, 0.4) is 0 Å². The van der Waals surface area contributed by atoms with Gasteiger partial charge in [0.05, 0.1) is 0 Å². The predicted molar refractivity (Wildman–Crippen MR) is 68.6 cm³/mol. The molecule has 16 heavy (non-hydrogen) atoms. The van der Waals surface area contributed by atoms with Gasteiger partial charge in [0, 0.05) is 6.04 Å². The highest BCUT2D eigenvalue weighted by Crippen LogP contribution is 2.28. The minimum absolute atomic E-state index is 0.516. The van der Waals surface area contributed by atoms with Crippen molar-refractivity contribution in [2.45, 2.75) is 25.8 Å². The van der Waals surface area contributed by atoms with E-state index in [1.807, 2.05) is 0 Å². The molecule has 0 amide bonds. The highest BCUT2D eigenvalue weighted by Gasteiger charge is 2.23. The molecule has 2 heteroatoms. The fourth-order valence-electron chi connectivity index (χ4n) is 2.63. The maximum Gasteiger partial charge on any atom is 0.0347 e. The van der Waals surface area contributed by atoms with Gasteiger partial charge < -0.3 is 10.6 Å². The van der Waals surface area contributed by atoms with Gasteiger partial charge in [0.15, 0.2) is 0 Å². The molecule has 88 valence electrons. The fourth-order valence-corrected chi connectivity index (χ4v) is 2.63. The van der Waals surface area contributed by atoms with Crippen molar-refractivity contribution < 1.29 is 0 Å². The molecule has 1 saturated heterocycles. The van der Waals surface area contributed by atoms with E-state index in [0.29, 0.717) is 6.04 Å². The molecule has 2 nitrogen and oxygen atoms in total. The van der Waals surface area contributed by atoms with E-state index < -0.39 is 0 Å². The van der Waals surface area contributed by atoms with E-state index in [4.69, 9.17) is 0 Å². The Morgan fingerprint density at radius 2 is 1.81 bits per heavy atom. The van der Waals surface area contributed by atoms with Gasteiger partial charge in [-0.1, -0.05) is 29.8 Å². The molecule has 0 aromatic heterocycles. The smallest absolute Gasteiger partial charge is 0.0347 e. The average molecular weight is 218 g/mol. The predicted octanol–water partition coefficient (Wildman–Crippen LogP) is 2.26. The van der Waals surface area contributed by atoms with Crippen LogP contribution in [0.1, 0.15) is 30.0 Å². The molecule has 1 aromatic rings. The first-order valence-corrected chi connectivity index (χ1v) is 6.26. The lowest BCUT2D eigenvalue weighted by Gasteiger charge is -2.31. The molecule has 2 rings (SSSR count). The third kappa shape index (κ3) is 2.63. The first-order valence-electron chi connectivity index (χ1n) is 6.26. The molecule has 0 aliphatic carbocycles. The lowest BCUT2D eigenvalue weighted by Crippen LogP contribution is -2.35. The van der Waals surface area contributed by atoms with Crippen LogP contribution in [-0.4, -0.2) is 20.1 Å². The number of hydrogen-bond acceptors (Lipinski definition) is 2. The van der Waals surface area contributed by atoms with E-state index in [1.54, 1.807) is 0 Å². The highest BCUT2D eigenvalue weighted by atomic mass is 14.9. The summed E-state index contributed by atoms with van der Waals surface area (Å²) >= 11 is 0. The molecular weight excluding hydrogens is 196 g/mol. The average Bonchev–Trinajstić information content (AvgIpc) is 2.34. The SMILES string of the molecule is CNC(c1ccc(C)cc1)C1CCNCC1. The van der Waals surface area contributed by atoms with Gasteiger partial charge in [-0.25, -0.2) is 0 Å². The standard InChI is InChI=1S/C14H22N2/c1-11-3-5-12(6-4-11)14(15-2)13-7-9-16-10-8-13/h3-6,13-16H,7-10H2,1-2H3. The Hall–Kier alpha value is -0.860. The summed E-state index contributed by atoms with van der Waals surface area (Å²) in [6, 6.07) is 9.46. The zero-order valence-corrected chi connectivity index (χ0v) is 10.3. The van der Waals surface area contributed by atoms with Crippen molar-refractivity contribution in [3.8, 4) is 0 Å². The molecule has 0 radical (unpaired) electrons. The molecular formula is C14H22N2. The molecule has 1 aliphatic rings. The lowest BCUT2D eigenvalue weighted by atomic mass is 9.86. The number of aryl methyl sites for hydroxylation is 1. The Labute approximate surface area is 98.4 Å².